The number of hydrogen-bond acceptors (Lipinski definition) is 5. The van der Waals surface area contributed by atoms with E-state index in [9.17, 15) is 9.18 Å². The zero-order valence-corrected chi connectivity index (χ0v) is 17.8. The van der Waals surface area contributed by atoms with Gasteiger partial charge in [-0.15, -0.1) is 11.3 Å². The Morgan fingerprint density at radius 2 is 2.17 bits per heavy atom. The van der Waals surface area contributed by atoms with Crippen LogP contribution in [0.1, 0.15) is 28.1 Å². The van der Waals surface area contributed by atoms with Crippen LogP contribution in [0.3, 0.4) is 0 Å². The molecule has 0 bridgehead atoms. The topological polar surface area (TPSA) is 56.1 Å². The van der Waals surface area contributed by atoms with E-state index in [1.165, 1.54) is 23.0 Å². The SMILES string of the molecule is O=c1cc(OCc2nc(Cl)cs2)ccn1C1=Cc2ccc(CNCCF)cc2CC1. The van der Waals surface area contributed by atoms with Crippen LogP contribution in [0, 0.1) is 0 Å². The van der Waals surface area contributed by atoms with Gasteiger partial charge in [0.2, 0.25) is 0 Å². The summed E-state index contributed by atoms with van der Waals surface area (Å²) in [6.07, 6.45) is 5.43. The van der Waals surface area contributed by atoms with E-state index < -0.39 is 0 Å². The minimum Gasteiger partial charge on any atom is -0.486 e. The van der Waals surface area contributed by atoms with E-state index in [-0.39, 0.29) is 18.8 Å². The second-order valence-corrected chi connectivity index (χ2v) is 8.29. The summed E-state index contributed by atoms with van der Waals surface area (Å²) in [5, 5.41) is 6.02. The number of alkyl halides is 1. The van der Waals surface area contributed by atoms with Crippen LogP contribution >= 0.6 is 22.9 Å². The van der Waals surface area contributed by atoms with Crippen LogP contribution in [0.4, 0.5) is 4.39 Å². The van der Waals surface area contributed by atoms with Crippen LogP contribution in [0.25, 0.3) is 11.8 Å². The Morgan fingerprint density at radius 1 is 1.27 bits per heavy atom. The van der Waals surface area contributed by atoms with Crippen molar-refractivity contribution in [1.82, 2.24) is 14.9 Å². The molecule has 0 spiro atoms. The van der Waals surface area contributed by atoms with Gasteiger partial charge < -0.3 is 10.1 Å². The largest absolute Gasteiger partial charge is 0.486 e. The smallest absolute Gasteiger partial charge is 0.258 e. The number of aromatic nitrogens is 2. The van der Waals surface area contributed by atoms with Crippen molar-refractivity contribution in [3.05, 3.63) is 79.1 Å². The molecule has 0 amide bonds. The van der Waals surface area contributed by atoms with Gasteiger partial charge >= 0.3 is 0 Å². The molecule has 1 N–H and O–H groups in total. The van der Waals surface area contributed by atoms with Crippen molar-refractivity contribution in [2.75, 3.05) is 13.2 Å². The molecule has 3 aromatic rings. The van der Waals surface area contributed by atoms with E-state index in [2.05, 4.69) is 28.5 Å². The monoisotopic (exact) mass is 445 g/mol. The molecule has 30 heavy (non-hydrogen) atoms. The first kappa shape index (κ1) is 20.8. The van der Waals surface area contributed by atoms with Crippen molar-refractivity contribution in [2.45, 2.75) is 26.0 Å². The number of nitrogens with one attached hydrogen (secondary N) is 1. The highest BCUT2D eigenvalue weighted by Gasteiger charge is 2.14. The molecule has 2 heterocycles. The van der Waals surface area contributed by atoms with Crippen LogP contribution in [0.5, 0.6) is 5.75 Å². The minimum atomic E-state index is -0.366. The number of fused-ring (bicyclic) bond motifs is 1. The summed E-state index contributed by atoms with van der Waals surface area (Å²) in [5.41, 5.74) is 4.31. The zero-order chi connectivity index (χ0) is 20.9. The summed E-state index contributed by atoms with van der Waals surface area (Å²) in [6.45, 7) is 0.928. The molecule has 1 aliphatic rings. The molecule has 0 atom stereocenters. The van der Waals surface area contributed by atoms with Crippen LogP contribution in [-0.2, 0) is 19.6 Å². The number of pyridine rings is 1. The molecule has 2 aromatic heterocycles. The molecule has 8 heteroatoms. The summed E-state index contributed by atoms with van der Waals surface area (Å²) in [7, 11) is 0. The highest BCUT2D eigenvalue weighted by molar-refractivity contribution is 7.10. The van der Waals surface area contributed by atoms with Crippen LogP contribution in [0.15, 0.2) is 46.7 Å². The number of benzene rings is 1. The van der Waals surface area contributed by atoms with E-state index in [0.29, 0.717) is 24.0 Å². The van der Waals surface area contributed by atoms with Gasteiger partial charge in [-0.3, -0.25) is 9.36 Å². The number of thiazole rings is 1. The minimum absolute atomic E-state index is 0.133. The van der Waals surface area contributed by atoms with Crippen molar-refractivity contribution < 1.29 is 9.13 Å². The van der Waals surface area contributed by atoms with Crippen LogP contribution in [-0.4, -0.2) is 22.8 Å². The molecule has 0 unspecified atom stereocenters. The van der Waals surface area contributed by atoms with E-state index in [4.69, 9.17) is 16.3 Å². The molecular formula is C22H21ClFN3O2S. The van der Waals surface area contributed by atoms with Gasteiger partial charge in [-0.2, -0.15) is 0 Å². The molecule has 1 aromatic carbocycles. The van der Waals surface area contributed by atoms with Gasteiger partial charge in [0.15, 0.2) is 0 Å². The third kappa shape index (κ3) is 4.98. The molecule has 5 nitrogen and oxygen atoms in total. The van der Waals surface area contributed by atoms with Gasteiger partial charge in [0, 0.05) is 36.4 Å². The summed E-state index contributed by atoms with van der Waals surface area (Å²) >= 11 is 7.23. The second kappa shape index (κ2) is 9.55. The normalized spacial score (nSPS) is 13.1. The third-order valence-electron chi connectivity index (χ3n) is 4.87. The number of rotatable bonds is 8. The first-order valence-electron chi connectivity index (χ1n) is 9.67. The predicted octanol–water partition coefficient (Wildman–Crippen LogP) is 4.54. The van der Waals surface area contributed by atoms with E-state index in [0.717, 1.165) is 34.7 Å². The Balaban J connectivity index is 1.47. The van der Waals surface area contributed by atoms with Crippen LogP contribution < -0.4 is 15.6 Å². The number of ether oxygens (including phenoxy) is 1. The Bertz CT molecular complexity index is 1130. The average molecular weight is 446 g/mol. The fourth-order valence-electron chi connectivity index (χ4n) is 3.42. The molecular weight excluding hydrogens is 425 g/mol. The van der Waals surface area contributed by atoms with Gasteiger partial charge in [0.1, 0.15) is 29.2 Å². The molecule has 1 aliphatic carbocycles. The number of allylic oxidation sites excluding steroid dienone is 1. The van der Waals surface area contributed by atoms with Gasteiger partial charge in [0.05, 0.1) is 0 Å². The lowest BCUT2D eigenvalue weighted by molar-refractivity contribution is 0.304. The van der Waals surface area contributed by atoms with Crippen molar-refractivity contribution in [3.63, 3.8) is 0 Å². The van der Waals surface area contributed by atoms with Gasteiger partial charge in [0.25, 0.3) is 5.56 Å². The zero-order valence-electron chi connectivity index (χ0n) is 16.2. The van der Waals surface area contributed by atoms with Crippen molar-refractivity contribution in [2.24, 2.45) is 0 Å². The van der Waals surface area contributed by atoms with Crippen molar-refractivity contribution in [3.8, 4) is 5.75 Å². The number of hydrogen-bond donors (Lipinski definition) is 1. The lowest BCUT2D eigenvalue weighted by Crippen LogP contribution is -2.20. The molecule has 0 saturated heterocycles. The van der Waals surface area contributed by atoms with Gasteiger partial charge in [-0.1, -0.05) is 29.8 Å². The molecule has 0 aliphatic heterocycles. The lowest BCUT2D eigenvalue weighted by Gasteiger charge is -2.19. The molecule has 156 valence electrons. The maximum atomic E-state index is 12.6. The Kier molecular flexibility index (Phi) is 6.62. The number of halogens is 2. The Morgan fingerprint density at radius 3 is 2.93 bits per heavy atom. The van der Waals surface area contributed by atoms with Gasteiger partial charge in [-0.25, -0.2) is 9.37 Å². The molecule has 4 rings (SSSR count). The average Bonchev–Trinajstić information content (AvgIpc) is 3.17. The van der Waals surface area contributed by atoms with Crippen LogP contribution in [0.2, 0.25) is 5.15 Å². The number of aryl methyl sites for hydroxylation is 1. The lowest BCUT2D eigenvalue weighted by atomic mass is 9.93. The van der Waals surface area contributed by atoms with Crippen molar-refractivity contribution in [1.29, 1.82) is 0 Å². The Labute approximate surface area is 182 Å². The fraction of sp³-hybridized carbons (Fsp3) is 0.273. The summed E-state index contributed by atoms with van der Waals surface area (Å²) in [6, 6.07) is 9.52. The molecule has 0 saturated carbocycles. The quantitative estimate of drug-likeness (QED) is 0.517. The van der Waals surface area contributed by atoms with E-state index in [1.54, 1.807) is 22.2 Å². The maximum Gasteiger partial charge on any atom is 0.258 e. The standard InChI is InChI=1S/C22H21ClFN3O2S/c23-20-14-30-21(26-20)13-29-19-5-8-27(22(28)11-19)18-4-3-16-9-15(12-25-7-6-24)1-2-17(16)10-18/h1-2,5,8-11,14,25H,3-4,6-7,12-13H2. The second-order valence-electron chi connectivity index (χ2n) is 6.96. The van der Waals surface area contributed by atoms with E-state index in [1.807, 2.05) is 6.07 Å². The first-order chi connectivity index (χ1) is 14.6. The number of nitrogens with zero attached hydrogens (tertiary/aromatic N) is 2. The summed E-state index contributed by atoms with van der Waals surface area (Å²) in [4.78, 5) is 16.8. The highest BCUT2D eigenvalue weighted by atomic mass is 35.5. The predicted molar refractivity (Wildman–Crippen MR) is 119 cm³/mol. The molecule has 0 fully saturated rings. The maximum absolute atomic E-state index is 12.6. The van der Waals surface area contributed by atoms with E-state index >= 15 is 0 Å². The first-order valence-corrected chi connectivity index (χ1v) is 10.9. The van der Waals surface area contributed by atoms with Crippen molar-refractivity contribution >= 4 is 34.7 Å². The summed E-state index contributed by atoms with van der Waals surface area (Å²) < 4.78 is 19.6. The fourth-order valence-corrected chi connectivity index (χ4v) is 4.27. The highest BCUT2D eigenvalue weighted by Crippen LogP contribution is 2.27. The summed E-state index contributed by atoms with van der Waals surface area (Å²) in [5.74, 6) is 0.504. The third-order valence-corrected chi connectivity index (χ3v) is 6.01. The Hall–Kier alpha value is -2.48. The van der Waals surface area contributed by atoms with Gasteiger partial charge in [-0.05, 0) is 41.7 Å². The molecule has 0 radical (unpaired) electrons.